The van der Waals surface area contributed by atoms with Crippen molar-refractivity contribution in [2.75, 3.05) is 6.61 Å². The zero-order valence-corrected chi connectivity index (χ0v) is 11.0. The molecule has 1 heterocycles. The molecule has 0 fully saturated rings. The van der Waals surface area contributed by atoms with Gasteiger partial charge in [0.05, 0.1) is 6.61 Å². The third-order valence-corrected chi connectivity index (χ3v) is 2.83. The molecule has 2 aromatic rings. The number of hydrogen-bond acceptors (Lipinski definition) is 3. The van der Waals surface area contributed by atoms with Crippen molar-refractivity contribution in [3.8, 4) is 0 Å². The fourth-order valence-electron chi connectivity index (χ4n) is 1.71. The average molecular weight is 265 g/mol. The number of halogens is 1. The lowest BCUT2D eigenvalue weighted by Crippen LogP contribution is -1.98. The number of ether oxygens (including phenoxy) is 1. The van der Waals surface area contributed by atoms with Gasteiger partial charge in [0, 0.05) is 22.0 Å². The van der Waals surface area contributed by atoms with Crippen molar-refractivity contribution < 1.29 is 13.9 Å². The lowest BCUT2D eigenvalue weighted by molar-refractivity contribution is -0.137. The van der Waals surface area contributed by atoms with E-state index in [0.717, 1.165) is 16.5 Å². The van der Waals surface area contributed by atoms with E-state index in [1.165, 1.54) is 6.08 Å². The maximum absolute atomic E-state index is 11.2. The molecule has 0 saturated heterocycles. The second kappa shape index (κ2) is 5.27. The minimum Gasteiger partial charge on any atom is -0.463 e. The van der Waals surface area contributed by atoms with Gasteiger partial charge in [-0.3, -0.25) is 0 Å². The third-order valence-electron chi connectivity index (χ3n) is 2.59. The van der Waals surface area contributed by atoms with Crippen LogP contribution in [0.3, 0.4) is 0 Å². The maximum atomic E-state index is 11.2. The van der Waals surface area contributed by atoms with Gasteiger partial charge in [0.15, 0.2) is 0 Å². The molecule has 0 amide bonds. The molecule has 0 aliphatic rings. The Balaban J connectivity index is 2.34. The van der Waals surface area contributed by atoms with Crippen molar-refractivity contribution in [2.45, 2.75) is 13.8 Å². The topological polar surface area (TPSA) is 39.4 Å². The van der Waals surface area contributed by atoms with E-state index in [1.807, 2.05) is 19.1 Å². The van der Waals surface area contributed by atoms with Gasteiger partial charge in [0.2, 0.25) is 0 Å². The van der Waals surface area contributed by atoms with Crippen molar-refractivity contribution in [1.82, 2.24) is 0 Å². The molecule has 0 aliphatic heterocycles. The highest BCUT2D eigenvalue weighted by Crippen LogP contribution is 2.28. The molecular formula is C14H13ClO3. The van der Waals surface area contributed by atoms with Gasteiger partial charge in [-0.15, -0.1) is 0 Å². The second-order valence-corrected chi connectivity index (χ2v) is 4.25. The van der Waals surface area contributed by atoms with E-state index in [0.29, 0.717) is 17.4 Å². The summed E-state index contributed by atoms with van der Waals surface area (Å²) in [4.78, 5) is 11.2. The predicted molar refractivity (Wildman–Crippen MR) is 71.6 cm³/mol. The van der Waals surface area contributed by atoms with E-state index < -0.39 is 0 Å². The summed E-state index contributed by atoms with van der Waals surface area (Å²) in [6.45, 7) is 4.05. The number of fused-ring (bicyclic) bond motifs is 1. The summed E-state index contributed by atoms with van der Waals surface area (Å²) in [7, 11) is 0. The van der Waals surface area contributed by atoms with Crippen LogP contribution in [0.25, 0.3) is 17.0 Å². The van der Waals surface area contributed by atoms with E-state index in [4.69, 9.17) is 20.8 Å². The van der Waals surface area contributed by atoms with Gasteiger partial charge >= 0.3 is 5.97 Å². The van der Waals surface area contributed by atoms with Gasteiger partial charge in [0.25, 0.3) is 0 Å². The van der Waals surface area contributed by atoms with Gasteiger partial charge in [-0.25, -0.2) is 4.79 Å². The minimum atomic E-state index is -0.379. The Morgan fingerprint density at radius 1 is 1.50 bits per heavy atom. The maximum Gasteiger partial charge on any atom is 0.330 e. The van der Waals surface area contributed by atoms with Crippen LogP contribution in [0.1, 0.15) is 18.2 Å². The first-order valence-corrected chi connectivity index (χ1v) is 6.03. The number of carbonyl (C=O) groups excluding carboxylic acids is 1. The Morgan fingerprint density at radius 2 is 2.28 bits per heavy atom. The molecule has 4 heteroatoms. The number of rotatable bonds is 3. The third kappa shape index (κ3) is 2.57. The van der Waals surface area contributed by atoms with Crippen LogP contribution in [0, 0.1) is 6.92 Å². The average Bonchev–Trinajstić information content (AvgIpc) is 2.64. The summed E-state index contributed by atoms with van der Waals surface area (Å²) in [5.41, 5.74) is 1.70. The Bertz CT molecular complexity index is 611. The van der Waals surface area contributed by atoms with Crippen LogP contribution in [-0.4, -0.2) is 12.6 Å². The van der Waals surface area contributed by atoms with Gasteiger partial charge in [-0.2, -0.15) is 0 Å². The van der Waals surface area contributed by atoms with Crippen LogP contribution in [-0.2, 0) is 9.53 Å². The molecule has 2 rings (SSSR count). The molecule has 0 aliphatic carbocycles. The molecule has 0 saturated carbocycles. The van der Waals surface area contributed by atoms with Crippen molar-refractivity contribution in [2.24, 2.45) is 0 Å². The lowest BCUT2D eigenvalue weighted by Gasteiger charge is -1.94. The molecule has 1 aromatic heterocycles. The van der Waals surface area contributed by atoms with Crippen LogP contribution in [0.5, 0.6) is 0 Å². The smallest absolute Gasteiger partial charge is 0.330 e. The first-order chi connectivity index (χ1) is 8.61. The Kier molecular flexibility index (Phi) is 3.72. The highest BCUT2D eigenvalue weighted by Gasteiger charge is 2.08. The summed E-state index contributed by atoms with van der Waals surface area (Å²) in [5.74, 6) is 0.260. The zero-order valence-electron chi connectivity index (χ0n) is 10.2. The van der Waals surface area contributed by atoms with Crippen LogP contribution in [0.2, 0.25) is 5.02 Å². The summed E-state index contributed by atoms with van der Waals surface area (Å²) in [6.07, 6.45) is 2.97. The van der Waals surface area contributed by atoms with Crippen LogP contribution in [0.15, 0.2) is 28.7 Å². The summed E-state index contributed by atoms with van der Waals surface area (Å²) >= 11 is 5.93. The second-order valence-electron chi connectivity index (χ2n) is 3.82. The van der Waals surface area contributed by atoms with Crippen molar-refractivity contribution in [3.63, 3.8) is 0 Å². The minimum absolute atomic E-state index is 0.359. The van der Waals surface area contributed by atoms with E-state index in [2.05, 4.69) is 0 Å². The van der Waals surface area contributed by atoms with E-state index >= 15 is 0 Å². The molecular weight excluding hydrogens is 252 g/mol. The summed E-state index contributed by atoms with van der Waals surface area (Å²) in [5, 5.41) is 1.61. The number of carbonyl (C=O) groups is 1. The number of benzene rings is 1. The lowest BCUT2D eigenvalue weighted by atomic mass is 10.1. The van der Waals surface area contributed by atoms with Gasteiger partial charge in [-0.05, 0) is 38.1 Å². The first kappa shape index (κ1) is 12.7. The summed E-state index contributed by atoms with van der Waals surface area (Å²) < 4.78 is 10.4. The SMILES string of the molecule is CCOC(=O)/C=C/c1oc2ccc(Cl)cc2c1C. The van der Waals surface area contributed by atoms with E-state index in [1.54, 1.807) is 19.1 Å². The quantitative estimate of drug-likeness (QED) is 0.622. The van der Waals surface area contributed by atoms with Crippen LogP contribution < -0.4 is 0 Å². The molecule has 1 aromatic carbocycles. The normalized spacial score (nSPS) is 11.3. The number of esters is 1. The standard InChI is InChI=1S/C14H13ClO3/c1-3-17-14(16)7-6-12-9(2)11-8-10(15)4-5-13(11)18-12/h4-8H,3H2,1-2H3/b7-6+. The monoisotopic (exact) mass is 264 g/mol. The molecule has 0 spiro atoms. The largest absolute Gasteiger partial charge is 0.463 e. The Labute approximate surface area is 110 Å². The molecule has 0 unspecified atom stereocenters. The van der Waals surface area contributed by atoms with E-state index in [9.17, 15) is 4.79 Å². The fourth-order valence-corrected chi connectivity index (χ4v) is 1.88. The molecule has 0 N–H and O–H groups in total. The molecule has 3 nitrogen and oxygen atoms in total. The molecule has 0 radical (unpaired) electrons. The number of aryl methyl sites for hydroxylation is 1. The van der Waals surface area contributed by atoms with Crippen molar-refractivity contribution in [1.29, 1.82) is 0 Å². The predicted octanol–water partition coefficient (Wildman–Crippen LogP) is 3.97. The van der Waals surface area contributed by atoms with Gasteiger partial charge in [-0.1, -0.05) is 11.6 Å². The molecule has 94 valence electrons. The molecule has 0 bridgehead atoms. The van der Waals surface area contributed by atoms with Gasteiger partial charge in [0.1, 0.15) is 11.3 Å². The Morgan fingerprint density at radius 3 is 3.00 bits per heavy atom. The number of hydrogen-bond donors (Lipinski definition) is 0. The highest BCUT2D eigenvalue weighted by atomic mass is 35.5. The Hall–Kier alpha value is -1.74. The van der Waals surface area contributed by atoms with E-state index in [-0.39, 0.29) is 5.97 Å². The highest BCUT2D eigenvalue weighted by molar-refractivity contribution is 6.31. The molecule has 18 heavy (non-hydrogen) atoms. The first-order valence-electron chi connectivity index (χ1n) is 5.65. The zero-order chi connectivity index (χ0) is 13.1. The van der Waals surface area contributed by atoms with Crippen molar-refractivity contribution >= 4 is 34.6 Å². The molecule has 0 atom stereocenters. The van der Waals surface area contributed by atoms with Crippen molar-refractivity contribution in [3.05, 3.63) is 40.6 Å². The summed E-state index contributed by atoms with van der Waals surface area (Å²) in [6, 6.07) is 5.43. The number of furan rings is 1. The van der Waals surface area contributed by atoms with Crippen LogP contribution in [0.4, 0.5) is 0 Å². The van der Waals surface area contributed by atoms with Gasteiger partial charge < -0.3 is 9.15 Å². The van der Waals surface area contributed by atoms with Crippen LogP contribution >= 0.6 is 11.6 Å². The fraction of sp³-hybridized carbons (Fsp3) is 0.214.